The van der Waals surface area contributed by atoms with Crippen molar-refractivity contribution < 1.29 is 18.8 Å². The van der Waals surface area contributed by atoms with Crippen LogP contribution in [0.5, 0.6) is 5.75 Å². The Bertz CT molecular complexity index is 823. The first kappa shape index (κ1) is 17.5. The molecule has 2 aliphatic heterocycles. The smallest absolute Gasteiger partial charge is 0.267 e. The fourth-order valence-corrected chi connectivity index (χ4v) is 3.76. The Morgan fingerprint density at radius 2 is 2.15 bits per heavy atom. The Hall–Kier alpha value is -2.90. The fraction of sp³-hybridized carbons (Fsp3) is 0.474. The van der Waals surface area contributed by atoms with E-state index >= 15 is 0 Å². The van der Waals surface area contributed by atoms with Gasteiger partial charge in [-0.3, -0.25) is 9.59 Å². The van der Waals surface area contributed by atoms with Crippen molar-refractivity contribution >= 4 is 17.5 Å². The standard InChI is InChI=1S/C19H22N4O4/c1-13-19(25)23(14-6-2-3-8-16(14)27-13)11-9-17(24)22-10-5-4-7-15(22)18-20-12-26-21-18/h2-3,6,8,12-13,15H,4-5,7,9-11H2,1H3. The lowest BCUT2D eigenvalue weighted by Gasteiger charge is -2.36. The highest BCUT2D eigenvalue weighted by Gasteiger charge is 2.34. The van der Waals surface area contributed by atoms with Crippen LogP contribution in [0.15, 0.2) is 35.2 Å². The molecule has 1 saturated heterocycles. The van der Waals surface area contributed by atoms with Crippen molar-refractivity contribution in [1.82, 2.24) is 15.0 Å². The Morgan fingerprint density at radius 3 is 2.96 bits per heavy atom. The number of para-hydroxylation sites is 2. The molecule has 3 heterocycles. The summed E-state index contributed by atoms with van der Waals surface area (Å²) in [6.07, 6.45) is 3.77. The van der Waals surface area contributed by atoms with Crippen molar-refractivity contribution in [3.63, 3.8) is 0 Å². The molecule has 142 valence electrons. The van der Waals surface area contributed by atoms with E-state index in [0.29, 0.717) is 30.4 Å². The van der Waals surface area contributed by atoms with Gasteiger partial charge in [-0.25, -0.2) is 0 Å². The summed E-state index contributed by atoms with van der Waals surface area (Å²) in [5, 5.41) is 3.91. The molecular weight excluding hydrogens is 348 g/mol. The molecule has 2 atom stereocenters. The molecule has 1 aromatic carbocycles. The van der Waals surface area contributed by atoms with E-state index in [1.165, 1.54) is 6.39 Å². The van der Waals surface area contributed by atoms with Gasteiger partial charge in [0.1, 0.15) is 5.75 Å². The number of benzene rings is 1. The van der Waals surface area contributed by atoms with Crippen LogP contribution in [0.2, 0.25) is 0 Å². The van der Waals surface area contributed by atoms with Gasteiger partial charge in [0.15, 0.2) is 11.9 Å². The maximum absolute atomic E-state index is 12.9. The normalized spacial score (nSPS) is 22.3. The molecule has 0 bridgehead atoms. The van der Waals surface area contributed by atoms with Crippen LogP contribution in [0.1, 0.15) is 44.5 Å². The topological polar surface area (TPSA) is 88.8 Å². The van der Waals surface area contributed by atoms with Crippen LogP contribution in [0.3, 0.4) is 0 Å². The van der Waals surface area contributed by atoms with Gasteiger partial charge >= 0.3 is 0 Å². The summed E-state index contributed by atoms with van der Waals surface area (Å²) in [5.74, 6) is 1.08. The van der Waals surface area contributed by atoms with Gasteiger partial charge in [-0.1, -0.05) is 17.3 Å². The highest BCUT2D eigenvalue weighted by molar-refractivity contribution is 6.00. The minimum absolute atomic E-state index is 0.00562. The third-order valence-corrected chi connectivity index (χ3v) is 5.12. The second-order valence-corrected chi connectivity index (χ2v) is 6.86. The summed E-state index contributed by atoms with van der Waals surface area (Å²) >= 11 is 0. The molecule has 1 fully saturated rings. The summed E-state index contributed by atoms with van der Waals surface area (Å²) in [7, 11) is 0. The molecule has 2 aromatic rings. The molecular formula is C19H22N4O4. The molecule has 8 nitrogen and oxygen atoms in total. The first-order valence-corrected chi connectivity index (χ1v) is 9.28. The lowest BCUT2D eigenvalue weighted by atomic mass is 10.0. The third kappa shape index (κ3) is 3.39. The van der Waals surface area contributed by atoms with Gasteiger partial charge in [0, 0.05) is 19.5 Å². The average Bonchev–Trinajstić information content (AvgIpc) is 3.23. The minimum atomic E-state index is -0.558. The highest BCUT2D eigenvalue weighted by Crippen LogP contribution is 2.34. The zero-order valence-corrected chi connectivity index (χ0v) is 15.2. The number of nitrogens with zero attached hydrogens (tertiary/aromatic N) is 4. The van der Waals surface area contributed by atoms with Crippen LogP contribution in [0.25, 0.3) is 0 Å². The van der Waals surface area contributed by atoms with Crippen LogP contribution in [0.4, 0.5) is 5.69 Å². The number of likely N-dealkylation sites (tertiary alicyclic amines) is 1. The maximum atomic E-state index is 12.9. The molecule has 4 rings (SSSR count). The molecule has 1 aromatic heterocycles. The van der Waals surface area contributed by atoms with Crippen LogP contribution < -0.4 is 9.64 Å². The summed E-state index contributed by atoms with van der Waals surface area (Å²) in [6, 6.07) is 7.25. The number of hydrogen-bond acceptors (Lipinski definition) is 6. The van der Waals surface area contributed by atoms with Crippen molar-refractivity contribution in [2.24, 2.45) is 0 Å². The predicted octanol–water partition coefficient (Wildman–Crippen LogP) is 2.33. The van der Waals surface area contributed by atoms with E-state index in [2.05, 4.69) is 10.1 Å². The van der Waals surface area contributed by atoms with Crippen LogP contribution in [-0.4, -0.2) is 46.0 Å². The molecule has 0 saturated carbocycles. The van der Waals surface area contributed by atoms with E-state index in [1.807, 2.05) is 29.2 Å². The minimum Gasteiger partial charge on any atom is -0.479 e. The third-order valence-electron chi connectivity index (χ3n) is 5.12. The van der Waals surface area contributed by atoms with Gasteiger partial charge in [-0.2, -0.15) is 4.98 Å². The Balaban J connectivity index is 1.48. The number of ether oxygens (including phenoxy) is 1. The van der Waals surface area contributed by atoms with Gasteiger partial charge in [0.25, 0.3) is 5.91 Å². The van der Waals surface area contributed by atoms with Crippen LogP contribution in [0, 0.1) is 0 Å². The van der Waals surface area contributed by atoms with Crippen LogP contribution in [-0.2, 0) is 9.59 Å². The lowest BCUT2D eigenvalue weighted by Crippen LogP contribution is -2.46. The van der Waals surface area contributed by atoms with Gasteiger partial charge in [0.2, 0.25) is 12.3 Å². The molecule has 2 unspecified atom stereocenters. The first-order chi connectivity index (χ1) is 13.1. The van der Waals surface area contributed by atoms with Crippen LogP contribution >= 0.6 is 0 Å². The molecule has 2 aliphatic rings. The summed E-state index contributed by atoms with van der Waals surface area (Å²) in [4.78, 5) is 33.1. The quantitative estimate of drug-likeness (QED) is 0.821. The maximum Gasteiger partial charge on any atom is 0.267 e. The number of carbonyl (C=O) groups is 2. The molecule has 0 spiro atoms. The zero-order valence-electron chi connectivity index (χ0n) is 15.2. The second-order valence-electron chi connectivity index (χ2n) is 6.86. The van der Waals surface area contributed by atoms with Gasteiger partial charge < -0.3 is 19.1 Å². The SMILES string of the molecule is CC1Oc2ccccc2N(CCC(=O)N2CCCCC2c2ncon2)C1=O. The molecule has 27 heavy (non-hydrogen) atoms. The van der Waals surface area contributed by atoms with Gasteiger partial charge in [-0.05, 0) is 38.3 Å². The van der Waals surface area contributed by atoms with E-state index in [1.54, 1.807) is 11.8 Å². The van der Waals surface area contributed by atoms with Crippen molar-refractivity contribution in [3.05, 3.63) is 36.5 Å². The monoisotopic (exact) mass is 370 g/mol. The molecule has 0 aliphatic carbocycles. The predicted molar refractivity (Wildman–Crippen MR) is 96.1 cm³/mol. The highest BCUT2D eigenvalue weighted by atomic mass is 16.5. The van der Waals surface area contributed by atoms with Crippen molar-refractivity contribution in [2.75, 3.05) is 18.0 Å². The second kappa shape index (κ2) is 7.38. The number of aromatic nitrogens is 2. The van der Waals surface area contributed by atoms with E-state index in [-0.39, 0.29) is 24.3 Å². The number of anilines is 1. The number of rotatable bonds is 4. The van der Waals surface area contributed by atoms with E-state index in [4.69, 9.17) is 9.26 Å². The number of fused-ring (bicyclic) bond motifs is 1. The van der Waals surface area contributed by atoms with Crippen molar-refractivity contribution in [2.45, 2.75) is 44.8 Å². The van der Waals surface area contributed by atoms with E-state index < -0.39 is 6.10 Å². The zero-order chi connectivity index (χ0) is 18.8. The van der Waals surface area contributed by atoms with Gasteiger partial charge in [-0.15, -0.1) is 0 Å². The van der Waals surface area contributed by atoms with Crippen molar-refractivity contribution in [3.8, 4) is 5.75 Å². The first-order valence-electron chi connectivity index (χ1n) is 9.28. The number of amides is 2. The van der Waals surface area contributed by atoms with Gasteiger partial charge in [0.05, 0.1) is 11.7 Å². The molecule has 8 heteroatoms. The Morgan fingerprint density at radius 1 is 1.30 bits per heavy atom. The number of hydrogen-bond donors (Lipinski definition) is 0. The number of piperidine rings is 1. The average molecular weight is 370 g/mol. The van der Waals surface area contributed by atoms with E-state index in [0.717, 1.165) is 19.3 Å². The fourth-order valence-electron chi connectivity index (χ4n) is 3.76. The lowest BCUT2D eigenvalue weighted by molar-refractivity contribution is -0.135. The largest absolute Gasteiger partial charge is 0.479 e. The Kier molecular flexibility index (Phi) is 4.79. The summed E-state index contributed by atoms with van der Waals surface area (Å²) < 4.78 is 10.5. The molecule has 0 radical (unpaired) electrons. The number of carbonyl (C=O) groups excluding carboxylic acids is 2. The van der Waals surface area contributed by atoms with Crippen molar-refractivity contribution in [1.29, 1.82) is 0 Å². The molecule has 2 amide bonds. The Labute approximate surface area is 157 Å². The summed E-state index contributed by atoms with van der Waals surface area (Å²) in [6.45, 7) is 2.71. The summed E-state index contributed by atoms with van der Waals surface area (Å²) in [5.41, 5.74) is 0.710. The van der Waals surface area contributed by atoms with E-state index in [9.17, 15) is 9.59 Å². The molecule has 0 N–H and O–H groups in total.